The molecule has 3 aromatic heterocycles. The van der Waals surface area contributed by atoms with Crippen LogP contribution in [0, 0.1) is 6.92 Å². The Morgan fingerprint density at radius 1 is 0.475 bits per heavy atom. The zero-order valence-corrected chi connectivity index (χ0v) is 34.0. The van der Waals surface area contributed by atoms with E-state index in [1.165, 1.54) is 6.07 Å². The maximum atomic E-state index is 13.8. The van der Waals surface area contributed by atoms with Crippen molar-refractivity contribution in [2.75, 3.05) is 0 Å². The number of hydrogen-bond acceptors (Lipinski definition) is 6. The lowest BCUT2D eigenvalue weighted by atomic mass is 9.89. The van der Waals surface area contributed by atoms with E-state index in [0.29, 0.717) is 22.4 Å². The maximum Gasteiger partial charge on any atom is 0.534 e. The average Bonchev–Trinajstić information content (AvgIpc) is 3.28. The second-order valence-electron chi connectivity index (χ2n) is 14.8. The van der Waals surface area contributed by atoms with E-state index in [-0.39, 0.29) is 5.56 Å². The van der Waals surface area contributed by atoms with Gasteiger partial charge in [-0.2, -0.15) is 21.6 Å². The first-order chi connectivity index (χ1) is 29.5. The minimum Gasteiger partial charge on any atom is -0.375 e. The van der Waals surface area contributed by atoms with Crippen molar-refractivity contribution in [2.24, 2.45) is 0 Å². The molecule has 0 saturated heterocycles. The van der Waals surface area contributed by atoms with E-state index < -0.39 is 21.4 Å². The van der Waals surface area contributed by atoms with Crippen LogP contribution in [0.1, 0.15) is 27.8 Å². The molecular formula is C51H40F3N3O3S. The van der Waals surface area contributed by atoms with Crippen LogP contribution in [-0.2, 0) is 35.8 Å². The zero-order valence-electron chi connectivity index (χ0n) is 33.2. The van der Waals surface area contributed by atoms with Crippen molar-refractivity contribution in [3.05, 3.63) is 204 Å². The van der Waals surface area contributed by atoms with E-state index in [1.54, 1.807) is 48.9 Å². The highest BCUT2D eigenvalue weighted by Crippen LogP contribution is 2.42. The van der Waals surface area contributed by atoms with E-state index >= 15 is 0 Å². The lowest BCUT2D eigenvalue weighted by Crippen LogP contribution is -2.28. The third-order valence-corrected chi connectivity index (χ3v) is 11.5. The normalized spacial score (nSPS) is 11.7. The monoisotopic (exact) mass is 831 g/mol. The van der Waals surface area contributed by atoms with Crippen molar-refractivity contribution in [2.45, 2.75) is 38.1 Å². The number of aryl methyl sites for hydroxylation is 5. The Morgan fingerprint density at radius 3 is 1.49 bits per heavy atom. The molecule has 3 heterocycles. The van der Waals surface area contributed by atoms with E-state index in [2.05, 4.69) is 81.7 Å². The molecule has 0 amide bonds. The van der Waals surface area contributed by atoms with E-state index in [4.69, 9.17) is 4.18 Å². The standard InChI is InChI=1S/C51H40F3N3O3S/c1-35-12-27-49(57-34-35)42-25-26-46(50(33-42)60-61(58,59)51(52,53)54)45-9-3-2-8-44(45)43-31-38(15-13-36-17-21-40(22-18-36)47-10-4-6-28-55-47)30-39(32-43)16-14-37-19-23-41(24-20-37)48-11-5-7-29-56-48/h2-12,17-34H,13-16H2,1H3. The Bertz CT molecular complexity index is 2770. The summed E-state index contributed by atoms with van der Waals surface area (Å²) in [5.41, 5.74) is 6.73. The average molecular weight is 832 g/mol. The van der Waals surface area contributed by atoms with Crippen LogP contribution in [0.2, 0.25) is 0 Å². The highest BCUT2D eigenvalue weighted by atomic mass is 32.2. The summed E-state index contributed by atoms with van der Waals surface area (Å²) in [6.07, 6.45) is 8.17. The molecule has 0 bridgehead atoms. The Kier molecular flexibility index (Phi) is 11.9. The van der Waals surface area contributed by atoms with Gasteiger partial charge in [0, 0.05) is 40.8 Å². The first-order valence-corrected chi connectivity index (χ1v) is 21.2. The van der Waals surface area contributed by atoms with Crippen LogP contribution in [0.25, 0.3) is 56.0 Å². The molecule has 0 unspecified atom stereocenters. The van der Waals surface area contributed by atoms with Gasteiger partial charge in [0.15, 0.2) is 5.75 Å². The van der Waals surface area contributed by atoms with Gasteiger partial charge in [0.1, 0.15) is 0 Å². The fraction of sp³-hybridized carbons (Fsp3) is 0.118. The minimum absolute atomic E-state index is 0.187. The summed E-state index contributed by atoms with van der Waals surface area (Å²) in [6.45, 7) is 1.87. The maximum absolute atomic E-state index is 13.8. The van der Waals surface area contributed by atoms with Crippen molar-refractivity contribution in [3.8, 4) is 61.8 Å². The predicted molar refractivity (Wildman–Crippen MR) is 235 cm³/mol. The highest BCUT2D eigenvalue weighted by molar-refractivity contribution is 7.88. The van der Waals surface area contributed by atoms with Crippen molar-refractivity contribution in [1.82, 2.24) is 15.0 Å². The topological polar surface area (TPSA) is 82.0 Å². The highest BCUT2D eigenvalue weighted by Gasteiger charge is 2.49. The molecule has 0 aliphatic heterocycles. The SMILES string of the molecule is Cc1ccc(-c2ccc(-c3ccccc3-c3cc(CCc4ccc(-c5ccccn5)cc4)cc(CCc4ccc(-c5ccccn5)cc4)c3)c(OS(=O)(=O)C(F)(F)F)c2)nc1. The summed E-state index contributed by atoms with van der Waals surface area (Å²) in [4.78, 5) is 13.3. The smallest absolute Gasteiger partial charge is 0.375 e. The molecule has 304 valence electrons. The first-order valence-electron chi connectivity index (χ1n) is 19.8. The molecule has 0 N–H and O–H groups in total. The molecular weight excluding hydrogens is 792 g/mol. The summed E-state index contributed by atoms with van der Waals surface area (Å²) >= 11 is 0. The first kappa shape index (κ1) is 40.9. The molecule has 5 aromatic carbocycles. The Hall–Kier alpha value is -6.91. The van der Waals surface area contributed by atoms with E-state index in [9.17, 15) is 21.6 Å². The van der Waals surface area contributed by atoms with Gasteiger partial charge >= 0.3 is 15.6 Å². The summed E-state index contributed by atoms with van der Waals surface area (Å²) in [5, 5.41) is 0. The Labute approximate surface area is 353 Å². The fourth-order valence-electron chi connectivity index (χ4n) is 7.28. The number of pyridine rings is 3. The quantitative estimate of drug-likeness (QED) is 0.0850. The number of benzene rings is 5. The van der Waals surface area contributed by atoms with Gasteiger partial charge in [-0.25, -0.2) is 0 Å². The van der Waals surface area contributed by atoms with Crippen LogP contribution in [0.15, 0.2) is 176 Å². The molecule has 6 nitrogen and oxygen atoms in total. The van der Waals surface area contributed by atoms with Crippen LogP contribution in [0.4, 0.5) is 13.2 Å². The van der Waals surface area contributed by atoms with Crippen LogP contribution in [0.3, 0.4) is 0 Å². The van der Waals surface area contributed by atoms with Crippen molar-refractivity contribution >= 4 is 10.1 Å². The van der Waals surface area contributed by atoms with E-state index in [1.807, 2.05) is 61.5 Å². The van der Waals surface area contributed by atoms with Crippen LogP contribution >= 0.6 is 0 Å². The second kappa shape index (κ2) is 17.7. The van der Waals surface area contributed by atoms with Gasteiger partial charge in [-0.15, -0.1) is 0 Å². The van der Waals surface area contributed by atoms with Crippen molar-refractivity contribution in [3.63, 3.8) is 0 Å². The number of hydrogen-bond donors (Lipinski definition) is 0. The predicted octanol–water partition coefficient (Wildman–Crippen LogP) is 12.3. The third kappa shape index (κ3) is 9.77. The van der Waals surface area contributed by atoms with Crippen molar-refractivity contribution < 1.29 is 25.8 Å². The lowest BCUT2D eigenvalue weighted by Gasteiger charge is -2.18. The van der Waals surface area contributed by atoms with E-state index in [0.717, 1.165) is 81.6 Å². The number of rotatable bonds is 13. The molecule has 0 radical (unpaired) electrons. The molecule has 0 aliphatic carbocycles. The number of alkyl halides is 3. The molecule has 8 rings (SSSR count). The van der Waals surface area contributed by atoms with Gasteiger partial charge < -0.3 is 4.18 Å². The summed E-state index contributed by atoms with van der Waals surface area (Å²) in [6, 6.07) is 50.3. The second-order valence-corrected chi connectivity index (χ2v) is 16.4. The molecule has 61 heavy (non-hydrogen) atoms. The third-order valence-electron chi connectivity index (χ3n) is 10.5. The molecule has 0 fully saturated rings. The molecule has 10 heteroatoms. The zero-order chi connectivity index (χ0) is 42.4. The van der Waals surface area contributed by atoms with Gasteiger partial charge in [0.25, 0.3) is 0 Å². The largest absolute Gasteiger partial charge is 0.534 e. The van der Waals surface area contributed by atoms with Gasteiger partial charge in [0.2, 0.25) is 0 Å². The number of nitrogens with zero attached hydrogens (tertiary/aromatic N) is 3. The molecule has 0 aliphatic rings. The molecule has 0 saturated carbocycles. The molecule has 0 atom stereocenters. The fourth-order valence-corrected chi connectivity index (χ4v) is 7.75. The van der Waals surface area contributed by atoms with Crippen LogP contribution < -0.4 is 4.18 Å². The Balaban J connectivity index is 1.15. The minimum atomic E-state index is -6.01. The van der Waals surface area contributed by atoms with Gasteiger partial charge in [0.05, 0.1) is 17.1 Å². The molecule has 0 spiro atoms. The number of halogens is 3. The van der Waals surface area contributed by atoms with Crippen LogP contribution in [0.5, 0.6) is 5.75 Å². The Morgan fingerprint density at radius 2 is 0.984 bits per heavy atom. The van der Waals surface area contributed by atoms with Crippen LogP contribution in [-0.4, -0.2) is 28.9 Å². The van der Waals surface area contributed by atoms with Crippen molar-refractivity contribution in [1.29, 1.82) is 0 Å². The van der Waals surface area contributed by atoms with Gasteiger partial charge in [-0.05, 0) is 120 Å². The summed E-state index contributed by atoms with van der Waals surface area (Å²) in [5.74, 6) is -0.454. The lowest BCUT2D eigenvalue weighted by molar-refractivity contribution is -0.0499. The number of aromatic nitrogens is 3. The van der Waals surface area contributed by atoms with Gasteiger partial charge in [-0.3, -0.25) is 15.0 Å². The summed E-state index contributed by atoms with van der Waals surface area (Å²) in [7, 11) is -6.01. The van der Waals surface area contributed by atoms with Gasteiger partial charge in [-0.1, -0.05) is 115 Å². The summed E-state index contributed by atoms with van der Waals surface area (Å²) < 4.78 is 71.4. The molecule has 8 aromatic rings.